The van der Waals surface area contributed by atoms with E-state index in [9.17, 15) is 18.0 Å². The number of allylic oxidation sites excluding steroid dienone is 1. The van der Waals surface area contributed by atoms with Gasteiger partial charge < -0.3 is 10.6 Å². The lowest BCUT2D eigenvalue weighted by Crippen LogP contribution is -2.25. The fraction of sp³-hybridized carbons (Fsp3) is 0.211. The maximum atomic E-state index is 13.3. The molecule has 0 fully saturated rings. The number of nitrogens with zero attached hydrogens (tertiary/aromatic N) is 1. The summed E-state index contributed by atoms with van der Waals surface area (Å²) in [5.74, 6) is 0. The lowest BCUT2D eigenvalue weighted by molar-refractivity contribution is -0.137. The normalized spacial score (nSPS) is 14.5. The molecule has 0 saturated carbocycles. The molecule has 0 unspecified atom stereocenters. The van der Waals surface area contributed by atoms with Gasteiger partial charge in [0.05, 0.1) is 5.56 Å². The molecule has 0 aromatic heterocycles. The van der Waals surface area contributed by atoms with Crippen LogP contribution < -0.4 is 10.6 Å². The minimum atomic E-state index is -4.53. The molecule has 2 aromatic carbocycles. The lowest BCUT2D eigenvalue weighted by Gasteiger charge is -2.32. The van der Waals surface area contributed by atoms with Crippen molar-refractivity contribution in [3.05, 3.63) is 59.2 Å². The summed E-state index contributed by atoms with van der Waals surface area (Å²) < 4.78 is 39.8. The molecule has 0 aliphatic carbocycles. The highest BCUT2D eigenvalue weighted by atomic mass is 35.5. The van der Waals surface area contributed by atoms with E-state index in [2.05, 4.69) is 0 Å². The van der Waals surface area contributed by atoms with Crippen molar-refractivity contribution in [2.45, 2.75) is 19.0 Å². The van der Waals surface area contributed by atoms with E-state index in [0.29, 0.717) is 17.9 Å². The zero-order valence-corrected chi connectivity index (χ0v) is 14.4. The van der Waals surface area contributed by atoms with Crippen molar-refractivity contribution in [1.82, 2.24) is 0 Å². The SMILES string of the molecule is Nc1ccc2c(c1)N(c1ccc(C(F)(F)F)c(/C=C/C(=O)Cl)c1)CCC2. The van der Waals surface area contributed by atoms with Crippen LogP contribution in [0.5, 0.6) is 0 Å². The van der Waals surface area contributed by atoms with Crippen molar-refractivity contribution in [2.24, 2.45) is 0 Å². The number of nitrogen functional groups attached to an aromatic ring is 1. The Kier molecular flexibility index (Phi) is 4.96. The van der Waals surface area contributed by atoms with Crippen molar-refractivity contribution < 1.29 is 18.0 Å². The standard InChI is InChI=1S/C19H16ClF3N2O/c20-18(26)8-4-13-10-15(6-7-16(13)19(21,22)23)25-9-1-2-12-3-5-14(24)11-17(12)25/h3-8,10-11H,1-2,9,24H2/b8-4+. The Morgan fingerprint density at radius 2 is 1.96 bits per heavy atom. The molecule has 2 N–H and O–H groups in total. The molecular formula is C19H16ClF3N2O. The van der Waals surface area contributed by atoms with Crippen LogP contribution in [0.3, 0.4) is 0 Å². The van der Waals surface area contributed by atoms with Crippen LogP contribution in [0.25, 0.3) is 6.08 Å². The molecule has 7 heteroatoms. The summed E-state index contributed by atoms with van der Waals surface area (Å²) in [6.45, 7) is 0.666. The van der Waals surface area contributed by atoms with E-state index >= 15 is 0 Å². The van der Waals surface area contributed by atoms with Gasteiger partial charge in [-0.3, -0.25) is 4.79 Å². The van der Waals surface area contributed by atoms with Gasteiger partial charge in [-0.05, 0) is 78.1 Å². The summed E-state index contributed by atoms with van der Waals surface area (Å²) in [6, 6.07) is 9.44. The highest BCUT2D eigenvalue weighted by Gasteiger charge is 2.33. The van der Waals surface area contributed by atoms with Gasteiger partial charge in [-0.2, -0.15) is 13.2 Å². The number of hydrogen-bond acceptors (Lipinski definition) is 3. The number of anilines is 3. The van der Waals surface area contributed by atoms with Gasteiger partial charge in [-0.1, -0.05) is 6.07 Å². The van der Waals surface area contributed by atoms with Crippen LogP contribution in [-0.4, -0.2) is 11.8 Å². The van der Waals surface area contributed by atoms with Gasteiger partial charge in [0, 0.05) is 23.6 Å². The molecule has 0 spiro atoms. The van der Waals surface area contributed by atoms with Gasteiger partial charge in [0.1, 0.15) is 0 Å². The molecule has 0 bridgehead atoms. The monoisotopic (exact) mass is 380 g/mol. The quantitative estimate of drug-likeness (QED) is 0.455. The van der Waals surface area contributed by atoms with Gasteiger partial charge in [0.2, 0.25) is 5.24 Å². The van der Waals surface area contributed by atoms with Crippen molar-refractivity contribution in [2.75, 3.05) is 17.2 Å². The molecule has 2 aromatic rings. The summed E-state index contributed by atoms with van der Waals surface area (Å²) in [5, 5.41) is -0.834. The molecule has 0 amide bonds. The van der Waals surface area contributed by atoms with E-state index in [4.69, 9.17) is 17.3 Å². The summed E-state index contributed by atoms with van der Waals surface area (Å²) in [7, 11) is 0. The third kappa shape index (κ3) is 3.85. The highest BCUT2D eigenvalue weighted by molar-refractivity contribution is 6.66. The van der Waals surface area contributed by atoms with Gasteiger partial charge in [0.25, 0.3) is 0 Å². The van der Waals surface area contributed by atoms with Gasteiger partial charge >= 0.3 is 6.18 Å². The molecule has 1 heterocycles. The summed E-state index contributed by atoms with van der Waals surface area (Å²) >= 11 is 5.24. The van der Waals surface area contributed by atoms with Crippen LogP contribution in [0.4, 0.5) is 30.2 Å². The third-order valence-electron chi connectivity index (χ3n) is 4.27. The zero-order valence-electron chi connectivity index (χ0n) is 13.7. The van der Waals surface area contributed by atoms with Crippen molar-refractivity contribution >= 4 is 40.0 Å². The molecule has 0 atom stereocenters. The van der Waals surface area contributed by atoms with Gasteiger partial charge in [-0.25, -0.2) is 0 Å². The molecule has 3 nitrogen and oxygen atoms in total. The number of aryl methyl sites for hydroxylation is 1. The Morgan fingerprint density at radius 1 is 1.19 bits per heavy atom. The molecule has 3 rings (SSSR count). The first-order valence-electron chi connectivity index (χ1n) is 8.00. The minimum Gasteiger partial charge on any atom is -0.399 e. The summed E-state index contributed by atoms with van der Waals surface area (Å²) in [5.41, 5.74) is 8.13. The average molecular weight is 381 g/mol. The number of carbonyl (C=O) groups excluding carboxylic acids is 1. The summed E-state index contributed by atoms with van der Waals surface area (Å²) in [6.07, 6.45) is -0.759. The van der Waals surface area contributed by atoms with Crippen molar-refractivity contribution in [1.29, 1.82) is 0 Å². The van der Waals surface area contributed by atoms with Crippen LogP contribution in [0.2, 0.25) is 0 Å². The molecular weight excluding hydrogens is 365 g/mol. The number of nitrogens with two attached hydrogens (primary N) is 1. The zero-order chi connectivity index (χ0) is 18.9. The molecule has 1 aliphatic heterocycles. The number of alkyl halides is 3. The second kappa shape index (κ2) is 7.03. The molecule has 136 valence electrons. The fourth-order valence-corrected chi connectivity index (χ4v) is 3.19. The number of rotatable bonds is 3. The number of hydrogen-bond donors (Lipinski definition) is 1. The Morgan fingerprint density at radius 3 is 2.65 bits per heavy atom. The van der Waals surface area contributed by atoms with Crippen molar-refractivity contribution in [3.8, 4) is 0 Å². The highest BCUT2D eigenvalue weighted by Crippen LogP contribution is 2.39. The number of carbonyl (C=O) groups is 1. The van der Waals surface area contributed by atoms with Gasteiger partial charge in [0.15, 0.2) is 0 Å². The maximum absolute atomic E-state index is 13.3. The Hall–Kier alpha value is -2.47. The Labute approximate surface area is 153 Å². The number of benzene rings is 2. The van der Waals surface area contributed by atoms with E-state index < -0.39 is 17.0 Å². The summed E-state index contributed by atoms with van der Waals surface area (Å²) in [4.78, 5) is 12.9. The van der Waals surface area contributed by atoms with Crippen LogP contribution in [0.1, 0.15) is 23.1 Å². The van der Waals surface area contributed by atoms with E-state index in [0.717, 1.165) is 42.3 Å². The number of fused-ring (bicyclic) bond motifs is 1. The largest absolute Gasteiger partial charge is 0.416 e. The van der Waals surface area contributed by atoms with Crippen LogP contribution in [-0.2, 0) is 17.4 Å². The maximum Gasteiger partial charge on any atom is 0.416 e. The number of halogens is 4. The first kappa shape index (κ1) is 18.3. The predicted octanol–water partition coefficient (Wildman–Crippen LogP) is 5.15. The minimum absolute atomic E-state index is 0.111. The molecule has 0 radical (unpaired) electrons. The van der Waals surface area contributed by atoms with E-state index in [1.54, 1.807) is 0 Å². The third-order valence-corrected chi connectivity index (χ3v) is 4.40. The average Bonchev–Trinajstić information content (AvgIpc) is 2.58. The van der Waals surface area contributed by atoms with E-state index in [1.807, 2.05) is 23.1 Å². The first-order chi connectivity index (χ1) is 12.3. The van der Waals surface area contributed by atoms with E-state index in [1.165, 1.54) is 12.1 Å². The second-order valence-corrected chi connectivity index (χ2v) is 6.42. The van der Waals surface area contributed by atoms with Crippen LogP contribution >= 0.6 is 11.6 Å². The predicted molar refractivity (Wildman–Crippen MR) is 97.5 cm³/mol. The topological polar surface area (TPSA) is 46.3 Å². The van der Waals surface area contributed by atoms with Gasteiger partial charge in [-0.15, -0.1) is 0 Å². The Balaban J connectivity index is 2.09. The van der Waals surface area contributed by atoms with Crippen molar-refractivity contribution in [3.63, 3.8) is 0 Å². The first-order valence-corrected chi connectivity index (χ1v) is 8.38. The molecule has 1 aliphatic rings. The molecule has 26 heavy (non-hydrogen) atoms. The lowest BCUT2D eigenvalue weighted by atomic mass is 9.99. The van der Waals surface area contributed by atoms with E-state index in [-0.39, 0.29) is 5.56 Å². The second-order valence-electron chi connectivity index (χ2n) is 6.05. The smallest absolute Gasteiger partial charge is 0.399 e. The fourth-order valence-electron chi connectivity index (χ4n) is 3.13. The van der Waals surface area contributed by atoms with Crippen LogP contribution in [0, 0.1) is 0 Å². The molecule has 0 saturated heterocycles. The Bertz CT molecular complexity index is 878. The van der Waals surface area contributed by atoms with Crippen LogP contribution in [0.15, 0.2) is 42.5 Å².